The summed E-state index contributed by atoms with van der Waals surface area (Å²) in [5.74, 6) is 0. The van der Waals surface area contributed by atoms with Crippen LogP contribution < -0.4 is 0 Å². The summed E-state index contributed by atoms with van der Waals surface area (Å²) in [7, 11) is 0. The molecule has 0 saturated carbocycles. The summed E-state index contributed by atoms with van der Waals surface area (Å²) >= 11 is 0. The quantitative estimate of drug-likeness (QED) is 0.631. The van der Waals surface area contributed by atoms with Gasteiger partial charge in [0.05, 0.1) is 6.61 Å². The summed E-state index contributed by atoms with van der Waals surface area (Å²) in [6.45, 7) is -0.339. The van der Waals surface area contributed by atoms with E-state index in [0.717, 1.165) is 6.42 Å². The van der Waals surface area contributed by atoms with Crippen molar-refractivity contribution in [2.75, 3.05) is 6.61 Å². The lowest BCUT2D eigenvalue weighted by Crippen LogP contribution is -2.15. The van der Waals surface area contributed by atoms with E-state index >= 15 is 0 Å². The lowest BCUT2D eigenvalue weighted by Gasteiger charge is -2.11. The van der Waals surface area contributed by atoms with Crippen molar-refractivity contribution in [1.29, 1.82) is 0 Å². The third kappa shape index (κ3) is 3.57. The van der Waals surface area contributed by atoms with Gasteiger partial charge < -0.3 is 0 Å². The van der Waals surface area contributed by atoms with Gasteiger partial charge in [-0.3, -0.25) is 4.74 Å². The highest BCUT2D eigenvalue weighted by molar-refractivity contribution is 5.17. The summed E-state index contributed by atoms with van der Waals surface area (Å²) in [6.07, 6.45) is 2.27. The average Bonchev–Trinajstić information content (AvgIpc) is 2.02. The van der Waals surface area contributed by atoms with Crippen molar-refractivity contribution in [3.8, 4) is 0 Å². The van der Waals surface area contributed by atoms with Crippen molar-refractivity contribution in [3.05, 3.63) is 23.8 Å². The van der Waals surface area contributed by atoms with Gasteiger partial charge in [0.1, 0.15) is 0 Å². The molecule has 0 fully saturated rings. The van der Waals surface area contributed by atoms with Gasteiger partial charge in [-0.05, 0) is 18.4 Å². The molecule has 0 aliphatic heterocycles. The highest BCUT2D eigenvalue weighted by atomic mass is 19.4. The van der Waals surface area contributed by atoms with Gasteiger partial charge >= 0.3 is 6.36 Å². The Bertz CT molecular complexity index is 203. The molecule has 0 spiro atoms. The van der Waals surface area contributed by atoms with Crippen LogP contribution in [-0.2, 0) is 4.74 Å². The van der Waals surface area contributed by atoms with E-state index in [1.165, 1.54) is 0 Å². The minimum Gasteiger partial charge on any atom is -0.287 e. The summed E-state index contributed by atoms with van der Waals surface area (Å²) in [6, 6.07) is 0. The predicted molar refractivity (Wildman–Crippen MR) is 38.5 cm³/mol. The van der Waals surface area contributed by atoms with Crippen molar-refractivity contribution >= 4 is 0 Å². The van der Waals surface area contributed by atoms with E-state index in [-0.39, 0.29) is 6.61 Å². The zero-order valence-electron chi connectivity index (χ0n) is 6.40. The molecule has 1 aliphatic carbocycles. The van der Waals surface area contributed by atoms with Crippen LogP contribution in [0.1, 0.15) is 12.8 Å². The fourth-order valence-electron chi connectivity index (χ4n) is 0.947. The maximum Gasteiger partial charge on any atom is 0.522 e. The van der Waals surface area contributed by atoms with Crippen molar-refractivity contribution in [3.63, 3.8) is 0 Å². The van der Waals surface area contributed by atoms with E-state index in [1.807, 2.05) is 6.08 Å². The lowest BCUT2D eigenvalue weighted by atomic mass is 10.1. The standard InChI is InChI=1S/C8H9F3O/c9-8(10,11)12-6-7-4-2-1-3-5-7/h1-2,4H,3,5-6H2. The molecule has 0 amide bonds. The SMILES string of the molecule is FC(F)(F)OCC1=CC=CCC1. The molecule has 0 radical (unpaired) electrons. The molecule has 0 aromatic rings. The molecule has 1 nitrogen and oxygen atoms in total. The van der Waals surface area contributed by atoms with Crippen molar-refractivity contribution in [2.24, 2.45) is 0 Å². The molecule has 1 rings (SSSR count). The first kappa shape index (κ1) is 9.32. The van der Waals surface area contributed by atoms with Crippen molar-refractivity contribution in [1.82, 2.24) is 0 Å². The van der Waals surface area contributed by atoms with E-state index in [0.29, 0.717) is 12.0 Å². The van der Waals surface area contributed by atoms with Gasteiger partial charge in [0.15, 0.2) is 0 Å². The first-order chi connectivity index (χ1) is 5.58. The van der Waals surface area contributed by atoms with Crippen LogP contribution in [0.25, 0.3) is 0 Å². The zero-order valence-corrected chi connectivity index (χ0v) is 6.40. The number of ether oxygens (including phenoxy) is 1. The molecule has 1 aliphatic rings. The molecule has 0 bridgehead atoms. The Morgan fingerprint density at radius 1 is 1.42 bits per heavy atom. The summed E-state index contributed by atoms with van der Waals surface area (Å²) in [5.41, 5.74) is 0.690. The van der Waals surface area contributed by atoms with Crippen LogP contribution in [0.3, 0.4) is 0 Å². The van der Waals surface area contributed by atoms with E-state index in [1.54, 1.807) is 12.2 Å². The fourth-order valence-corrected chi connectivity index (χ4v) is 0.947. The van der Waals surface area contributed by atoms with Crippen LogP contribution in [0, 0.1) is 0 Å². The second-order valence-corrected chi connectivity index (χ2v) is 2.53. The monoisotopic (exact) mass is 178 g/mol. The van der Waals surface area contributed by atoms with Crippen LogP contribution in [0.5, 0.6) is 0 Å². The smallest absolute Gasteiger partial charge is 0.287 e. The Morgan fingerprint density at radius 2 is 2.17 bits per heavy atom. The van der Waals surface area contributed by atoms with Gasteiger partial charge in [-0.2, -0.15) is 0 Å². The molecule has 0 aromatic heterocycles. The Hall–Kier alpha value is -0.770. The van der Waals surface area contributed by atoms with Gasteiger partial charge in [-0.15, -0.1) is 13.2 Å². The van der Waals surface area contributed by atoms with Crippen LogP contribution in [0.4, 0.5) is 13.2 Å². The number of halogens is 3. The summed E-state index contributed by atoms with van der Waals surface area (Å²) in [4.78, 5) is 0. The molecule has 0 saturated heterocycles. The van der Waals surface area contributed by atoms with Crippen molar-refractivity contribution in [2.45, 2.75) is 19.2 Å². The molecule has 0 atom stereocenters. The van der Waals surface area contributed by atoms with Gasteiger partial charge in [0.2, 0.25) is 0 Å². The normalized spacial score (nSPS) is 17.8. The molecule has 0 heterocycles. The van der Waals surface area contributed by atoms with Crippen LogP contribution in [0.15, 0.2) is 23.8 Å². The Morgan fingerprint density at radius 3 is 2.67 bits per heavy atom. The summed E-state index contributed by atoms with van der Waals surface area (Å²) < 4.78 is 38.3. The Labute approximate surface area is 68.5 Å². The second kappa shape index (κ2) is 3.76. The summed E-state index contributed by atoms with van der Waals surface area (Å²) in [5, 5.41) is 0. The lowest BCUT2D eigenvalue weighted by molar-refractivity contribution is -0.320. The number of allylic oxidation sites excluding steroid dienone is 3. The molecule has 0 N–H and O–H groups in total. The fraction of sp³-hybridized carbons (Fsp3) is 0.500. The van der Waals surface area contributed by atoms with Crippen LogP contribution >= 0.6 is 0 Å². The molecule has 12 heavy (non-hydrogen) atoms. The maximum absolute atomic E-state index is 11.5. The minimum absolute atomic E-state index is 0.339. The highest BCUT2D eigenvalue weighted by Crippen LogP contribution is 2.20. The van der Waals surface area contributed by atoms with Crippen molar-refractivity contribution < 1.29 is 17.9 Å². The molecule has 0 aromatic carbocycles. The van der Waals surface area contributed by atoms with E-state index in [9.17, 15) is 13.2 Å². The largest absolute Gasteiger partial charge is 0.522 e. The van der Waals surface area contributed by atoms with Gasteiger partial charge in [-0.25, -0.2) is 0 Å². The Kier molecular flexibility index (Phi) is 2.92. The number of alkyl halides is 3. The second-order valence-electron chi connectivity index (χ2n) is 2.53. The molecular formula is C8H9F3O. The third-order valence-electron chi connectivity index (χ3n) is 1.52. The van der Waals surface area contributed by atoms with E-state index in [4.69, 9.17) is 0 Å². The van der Waals surface area contributed by atoms with Crippen LogP contribution in [0.2, 0.25) is 0 Å². The van der Waals surface area contributed by atoms with Gasteiger partial charge in [-0.1, -0.05) is 18.2 Å². The molecule has 4 heteroatoms. The van der Waals surface area contributed by atoms with Gasteiger partial charge in [0.25, 0.3) is 0 Å². The maximum atomic E-state index is 11.5. The predicted octanol–water partition coefficient (Wildman–Crippen LogP) is 2.80. The molecule has 0 unspecified atom stereocenters. The first-order valence-corrected chi connectivity index (χ1v) is 3.63. The van der Waals surface area contributed by atoms with Gasteiger partial charge in [0, 0.05) is 0 Å². The zero-order chi connectivity index (χ0) is 9.03. The molecule has 68 valence electrons. The Balaban J connectivity index is 2.32. The average molecular weight is 178 g/mol. The number of hydrogen-bond donors (Lipinski definition) is 0. The van der Waals surface area contributed by atoms with Crippen LogP contribution in [-0.4, -0.2) is 13.0 Å². The topological polar surface area (TPSA) is 9.23 Å². The highest BCUT2D eigenvalue weighted by Gasteiger charge is 2.29. The first-order valence-electron chi connectivity index (χ1n) is 3.63. The third-order valence-corrected chi connectivity index (χ3v) is 1.52. The minimum atomic E-state index is -4.51. The van der Waals surface area contributed by atoms with E-state index < -0.39 is 6.36 Å². The molecular weight excluding hydrogens is 169 g/mol. The van der Waals surface area contributed by atoms with E-state index in [2.05, 4.69) is 4.74 Å². The number of rotatable bonds is 2. The number of hydrogen-bond acceptors (Lipinski definition) is 1.